The number of hydrogen-bond acceptors (Lipinski definition) is 2. The standard InChI is InChI=1S/C9H16O2/c1-8(7-10)5-6-9(2,3)11-4/h5,7H,6H2,1-4H3. The average Bonchev–Trinajstić information content (AvgIpc) is 2.00. The molecule has 0 saturated heterocycles. The molecule has 0 aliphatic rings. The highest BCUT2D eigenvalue weighted by atomic mass is 16.5. The van der Waals surface area contributed by atoms with E-state index < -0.39 is 0 Å². The lowest BCUT2D eigenvalue weighted by Crippen LogP contribution is -2.21. The minimum absolute atomic E-state index is 0.162. The van der Waals surface area contributed by atoms with Crippen molar-refractivity contribution in [3.05, 3.63) is 11.6 Å². The Bertz CT molecular complexity index is 157. The summed E-state index contributed by atoms with van der Waals surface area (Å²) in [5.41, 5.74) is 0.597. The first-order valence-corrected chi connectivity index (χ1v) is 3.69. The lowest BCUT2D eigenvalue weighted by molar-refractivity contribution is -0.104. The van der Waals surface area contributed by atoms with Gasteiger partial charge in [0.05, 0.1) is 5.60 Å². The predicted octanol–water partition coefficient (Wildman–Crippen LogP) is 1.95. The summed E-state index contributed by atoms with van der Waals surface area (Å²) in [7, 11) is 1.67. The van der Waals surface area contributed by atoms with Crippen molar-refractivity contribution in [2.45, 2.75) is 32.8 Å². The van der Waals surface area contributed by atoms with Gasteiger partial charge in [0.1, 0.15) is 6.29 Å². The molecule has 0 heterocycles. The molecular formula is C9H16O2. The van der Waals surface area contributed by atoms with E-state index in [4.69, 9.17) is 4.74 Å². The van der Waals surface area contributed by atoms with Crippen molar-refractivity contribution in [1.29, 1.82) is 0 Å². The minimum atomic E-state index is -0.162. The topological polar surface area (TPSA) is 26.3 Å². The number of carbonyl (C=O) groups excluding carboxylic acids is 1. The highest BCUT2D eigenvalue weighted by molar-refractivity contribution is 5.71. The lowest BCUT2D eigenvalue weighted by atomic mass is 10.0. The Balaban J connectivity index is 3.95. The number of methoxy groups -OCH3 is 1. The van der Waals surface area contributed by atoms with Gasteiger partial charge in [0, 0.05) is 7.11 Å². The van der Waals surface area contributed by atoms with Gasteiger partial charge in [-0.05, 0) is 32.8 Å². The van der Waals surface area contributed by atoms with Crippen molar-refractivity contribution in [2.75, 3.05) is 7.11 Å². The average molecular weight is 156 g/mol. The summed E-state index contributed by atoms with van der Waals surface area (Å²) < 4.78 is 5.17. The fourth-order valence-corrected chi connectivity index (χ4v) is 0.538. The number of allylic oxidation sites excluding steroid dienone is 1. The Hall–Kier alpha value is -0.630. The summed E-state index contributed by atoms with van der Waals surface area (Å²) in [6.45, 7) is 5.77. The fraction of sp³-hybridized carbons (Fsp3) is 0.667. The molecule has 0 aliphatic heterocycles. The maximum absolute atomic E-state index is 10.2. The highest BCUT2D eigenvalue weighted by Gasteiger charge is 2.13. The second-order valence-electron chi connectivity index (χ2n) is 3.23. The first-order valence-electron chi connectivity index (χ1n) is 3.69. The molecule has 0 fully saturated rings. The van der Waals surface area contributed by atoms with Crippen LogP contribution in [0.3, 0.4) is 0 Å². The van der Waals surface area contributed by atoms with Crippen LogP contribution in [0.15, 0.2) is 11.6 Å². The molecule has 0 bridgehead atoms. The van der Waals surface area contributed by atoms with Gasteiger partial charge in [-0.1, -0.05) is 6.08 Å². The van der Waals surface area contributed by atoms with Gasteiger partial charge in [0.15, 0.2) is 0 Å². The molecule has 0 atom stereocenters. The predicted molar refractivity (Wildman–Crippen MR) is 45.5 cm³/mol. The van der Waals surface area contributed by atoms with E-state index in [1.165, 1.54) is 0 Å². The van der Waals surface area contributed by atoms with E-state index in [9.17, 15) is 4.79 Å². The molecule has 2 heteroatoms. The number of aldehydes is 1. The van der Waals surface area contributed by atoms with Crippen molar-refractivity contribution in [1.82, 2.24) is 0 Å². The van der Waals surface area contributed by atoms with Gasteiger partial charge in [0.2, 0.25) is 0 Å². The zero-order valence-electron chi connectivity index (χ0n) is 7.68. The zero-order chi connectivity index (χ0) is 8.91. The minimum Gasteiger partial charge on any atom is -0.378 e. The summed E-state index contributed by atoms with van der Waals surface area (Å²) in [5.74, 6) is 0. The first-order chi connectivity index (χ1) is 5.02. The summed E-state index contributed by atoms with van der Waals surface area (Å²) in [5, 5.41) is 0. The number of ether oxygens (including phenoxy) is 1. The van der Waals surface area contributed by atoms with E-state index in [-0.39, 0.29) is 5.60 Å². The van der Waals surface area contributed by atoms with Crippen LogP contribution in [0.5, 0.6) is 0 Å². The van der Waals surface area contributed by atoms with Crippen LogP contribution < -0.4 is 0 Å². The van der Waals surface area contributed by atoms with Crippen LogP contribution in [0.25, 0.3) is 0 Å². The second-order valence-corrected chi connectivity index (χ2v) is 3.23. The largest absolute Gasteiger partial charge is 0.378 e. The summed E-state index contributed by atoms with van der Waals surface area (Å²) in [4.78, 5) is 10.2. The van der Waals surface area contributed by atoms with Crippen LogP contribution >= 0.6 is 0 Å². The van der Waals surface area contributed by atoms with Crippen LogP contribution in [0.4, 0.5) is 0 Å². The SMILES string of the molecule is COC(C)(C)CC=C(C)C=O. The molecule has 64 valence electrons. The quantitative estimate of drug-likeness (QED) is 0.459. The molecule has 0 aromatic rings. The molecule has 0 aromatic heterocycles. The van der Waals surface area contributed by atoms with E-state index in [0.29, 0.717) is 0 Å². The molecule has 0 spiro atoms. The van der Waals surface area contributed by atoms with Gasteiger partial charge in [0.25, 0.3) is 0 Å². The normalized spacial score (nSPS) is 13.3. The van der Waals surface area contributed by atoms with Crippen molar-refractivity contribution >= 4 is 6.29 Å². The fourth-order valence-electron chi connectivity index (χ4n) is 0.538. The molecule has 0 rings (SSSR count). The van der Waals surface area contributed by atoms with Crippen molar-refractivity contribution in [3.8, 4) is 0 Å². The third-order valence-electron chi connectivity index (χ3n) is 1.65. The van der Waals surface area contributed by atoms with Crippen molar-refractivity contribution < 1.29 is 9.53 Å². The van der Waals surface area contributed by atoms with Crippen LogP contribution in [0.2, 0.25) is 0 Å². The molecule has 0 N–H and O–H groups in total. The molecule has 0 aromatic carbocycles. The van der Waals surface area contributed by atoms with Gasteiger partial charge in [-0.25, -0.2) is 0 Å². The maximum Gasteiger partial charge on any atom is 0.145 e. The second kappa shape index (κ2) is 4.29. The first kappa shape index (κ1) is 10.4. The third kappa shape index (κ3) is 4.73. The van der Waals surface area contributed by atoms with Gasteiger partial charge in [-0.3, -0.25) is 4.79 Å². The van der Waals surface area contributed by atoms with Crippen LogP contribution in [-0.4, -0.2) is 19.0 Å². The van der Waals surface area contributed by atoms with Crippen LogP contribution in [-0.2, 0) is 9.53 Å². The Labute approximate surface area is 68.2 Å². The van der Waals surface area contributed by atoms with Crippen LogP contribution in [0.1, 0.15) is 27.2 Å². The summed E-state index contributed by atoms with van der Waals surface area (Å²) in [6.07, 6.45) is 3.51. The van der Waals surface area contributed by atoms with Gasteiger partial charge >= 0.3 is 0 Å². The lowest BCUT2D eigenvalue weighted by Gasteiger charge is -2.20. The highest BCUT2D eigenvalue weighted by Crippen LogP contribution is 2.13. The molecule has 2 nitrogen and oxygen atoms in total. The Morgan fingerprint density at radius 1 is 1.55 bits per heavy atom. The Kier molecular flexibility index (Phi) is 4.04. The van der Waals surface area contributed by atoms with E-state index in [1.807, 2.05) is 19.9 Å². The van der Waals surface area contributed by atoms with E-state index in [2.05, 4.69) is 0 Å². The summed E-state index contributed by atoms with van der Waals surface area (Å²) in [6, 6.07) is 0. The molecular weight excluding hydrogens is 140 g/mol. The van der Waals surface area contributed by atoms with Crippen molar-refractivity contribution in [2.24, 2.45) is 0 Å². The molecule has 0 unspecified atom stereocenters. The van der Waals surface area contributed by atoms with Crippen molar-refractivity contribution in [3.63, 3.8) is 0 Å². The summed E-state index contributed by atoms with van der Waals surface area (Å²) >= 11 is 0. The third-order valence-corrected chi connectivity index (χ3v) is 1.65. The van der Waals surface area contributed by atoms with E-state index >= 15 is 0 Å². The molecule has 0 saturated carbocycles. The van der Waals surface area contributed by atoms with Crippen LogP contribution in [0, 0.1) is 0 Å². The number of carbonyl (C=O) groups is 1. The van der Waals surface area contributed by atoms with E-state index in [0.717, 1.165) is 18.3 Å². The Morgan fingerprint density at radius 2 is 2.09 bits per heavy atom. The number of hydrogen-bond donors (Lipinski definition) is 0. The number of rotatable bonds is 4. The van der Waals surface area contributed by atoms with E-state index in [1.54, 1.807) is 14.0 Å². The zero-order valence-corrected chi connectivity index (χ0v) is 7.68. The molecule has 0 radical (unpaired) electrons. The molecule has 0 aliphatic carbocycles. The van der Waals surface area contributed by atoms with Gasteiger partial charge in [-0.2, -0.15) is 0 Å². The Morgan fingerprint density at radius 3 is 2.45 bits per heavy atom. The molecule has 11 heavy (non-hydrogen) atoms. The van der Waals surface area contributed by atoms with Gasteiger partial charge < -0.3 is 4.74 Å². The smallest absolute Gasteiger partial charge is 0.145 e. The maximum atomic E-state index is 10.2. The monoisotopic (exact) mass is 156 g/mol. The molecule has 0 amide bonds. The van der Waals surface area contributed by atoms with Gasteiger partial charge in [-0.15, -0.1) is 0 Å².